The summed E-state index contributed by atoms with van der Waals surface area (Å²) in [6.45, 7) is 4.79. The van der Waals surface area contributed by atoms with Crippen LogP contribution in [0, 0.1) is 12.8 Å². The lowest BCUT2D eigenvalue weighted by molar-refractivity contribution is 0.0509. The first-order valence-electron chi connectivity index (χ1n) is 8.16. The number of rotatable bonds is 2. The average Bonchev–Trinajstić information content (AvgIpc) is 3.24. The number of amides is 1. The Morgan fingerprint density at radius 1 is 1.38 bits per heavy atom. The fraction of sp³-hybridized carbons (Fsp3) is 0.412. The van der Waals surface area contributed by atoms with E-state index in [1.54, 1.807) is 17.0 Å². The van der Waals surface area contributed by atoms with Crippen molar-refractivity contribution in [3.05, 3.63) is 47.9 Å². The van der Waals surface area contributed by atoms with E-state index in [2.05, 4.69) is 22.0 Å². The van der Waals surface area contributed by atoms with Crippen LogP contribution in [0.1, 0.15) is 47.9 Å². The molecule has 1 saturated heterocycles. The number of aryl methyl sites for hydroxylation is 1. The van der Waals surface area contributed by atoms with Gasteiger partial charge >= 0.3 is 0 Å². The molecule has 24 heavy (non-hydrogen) atoms. The van der Waals surface area contributed by atoms with E-state index in [1.807, 2.05) is 30.0 Å². The van der Waals surface area contributed by atoms with Gasteiger partial charge in [0.1, 0.15) is 5.76 Å². The third kappa shape index (κ3) is 2.46. The summed E-state index contributed by atoms with van der Waals surface area (Å²) >= 11 is 0. The lowest BCUT2D eigenvalue weighted by Gasteiger charge is -2.36. The van der Waals surface area contributed by atoms with Crippen LogP contribution >= 0.6 is 0 Å². The molecule has 7 nitrogen and oxygen atoms in total. The maximum atomic E-state index is 13.0. The highest BCUT2D eigenvalue weighted by Gasteiger charge is 2.34. The normalized spacial score (nSPS) is 21.3. The molecule has 0 aliphatic carbocycles. The Balaban J connectivity index is 1.69. The van der Waals surface area contributed by atoms with Crippen LogP contribution in [0.4, 0.5) is 0 Å². The molecule has 7 heteroatoms. The largest absolute Gasteiger partial charge is 0.467 e. The molecule has 4 rings (SSSR count). The van der Waals surface area contributed by atoms with E-state index in [0.29, 0.717) is 18.2 Å². The van der Waals surface area contributed by atoms with E-state index in [4.69, 9.17) is 4.42 Å². The Labute approximate surface area is 139 Å². The molecule has 3 aromatic rings. The highest BCUT2D eigenvalue weighted by Crippen LogP contribution is 2.34. The molecule has 2 unspecified atom stereocenters. The van der Waals surface area contributed by atoms with Gasteiger partial charge in [-0.15, -0.1) is 5.10 Å². The van der Waals surface area contributed by atoms with Crippen molar-refractivity contribution in [2.45, 2.75) is 32.7 Å². The summed E-state index contributed by atoms with van der Waals surface area (Å²) in [5, 5.41) is 4.34. The molecule has 1 fully saturated rings. The van der Waals surface area contributed by atoms with Gasteiger partial charge in [0, 0.05) is 18.4 Å². The molecule has 0 aromatic carbocycles. The highest BCUT2D eigenvalue weighted by molar-refractivity contribution is 5.91. The van der Waals surface area contributed by atoms with E-state index in [1.165, 1.54) is 0 Å². The van der Waals surface area contributed by atoms with Gasteiger partial charge in [-0.1, -0.05) is 6.92 Å². The van der Waals surface area contributed by atoms with Gasteiger partial charge in [-0.05, 0) is 43.9 Å². The fourth-order valence-corrected chi connectivity index (χ4v) is 3.26. The van der Waals surface area contributed by atoms with Gasteiger partial charge in [0.15, 0.2) is 0 Å². The van der Waals surface area contributed by atoms with Crippen molar-refractivity contribution in [3.8, 4) is 0 Å². The molecular formula is C17H19N5O2. The molecular weight excluding hydrogens is 306 g/mol. The number of likely N-dealkylation sites (tertiary alicyclic amines) is 1. The molecule has 1 aliphatic rings. The first kappa shape index (κ1) is 14.9. The zero-order chi connectivity index (χ0) is 16.7. The van der Waals surface area contributed by atoms with Crippen molar-refractivity contribution < 1.29 is 9.21 Å². The SMILES string of the molecule is Cc1ccnc2nc(C(=O)N3CCC(C)CC3c3ccco3)nn12. The average molecular weight is 325 g/mol. The summed E-state index contributed by atoms with van der Waals surface area (Å²) in [5.41, 5.74) is 0.890. The third-order valence-corrected chi connectivity index (χ3v) is 4.62. The van der Waals surface area contributed by atoms with Gasteiger partial charge in [-0.2, -0.15) is 4.98 Å². The Morgan fingerprint density at radius 3 is 3.00 bits per heavy atom. The first-order valence-corrected chi connectivity index (χ1v) is 8.16. The molecule has 124 valence electrons. The standard InChI is InChI=1S/C17H19N5O2/c1-11-6-8-21(13(10-11)14-4-3-9-24-14)16(23)15-19-17-18-7-5-12(2)22(17)20-15/h3-5,7,9,11,13H,6,8,10H2,1-2H3. The molecule has 1 aliphatic heterocycles. The van der Waals surface area contributed by atoms with Gasteiger partial charge in [-0.25, -0.2) is 9.50 Å². The minimum atomic E-state index is -0.173. The number of hydrogen-bond acceptors (Lipinski definition) is 5. The minimum Gasteiger partial charge on any atom is -0.467 e. The van der Waals surface area contributed by atoms with Gasteiger partial charge in [0.25, 0.3) is 11.7 Å². The molecule has 0 spiro atoms. The van der Waals surface area contributed by atoms with Gasteiger partial charge in [0.05, 0.1) is 12.3 Å². The molecule has 2 atom stereocenters. The molecule has 3 aromatic heterocycles. The van der Waals surface area contributed by atoms with Crippen LogP contribution in [0.15, 0.2) is 35.1 Å². The summed E-state index contributed by atoms with van der Waals surface area (Å²) in [6.07, 6.45) is 5.16. The summed E-state index contributed by atoms with van der Waals surface area (Å²) in [4.78, 5) is 23.3. The van der Waals surface area contributed by atoms with Gasteiger partial charge < -0.3 is 9.32 Å². The monoisotopic (exact) mass is 325 g/mol. The first-order chi connectivity index (χ1) is 11.6. The Bertz CT molecular complexity index is 870. The highest BCUT2D eigenvalue weighted by atomic mass is 16.3. The lowest BCUT2D eigenvalue weighted by atomic mass is 9.91. The predicted octanol–water partition coefficient (Wildman–Crippen LogP) is 2.64. The van der Waals surface area contributed by atoms with E-state index in [9.17, 15) is 4.79 Å². The van der Waals surface area contributed by atoms with Crippen LogP contribution in [0.3, 0.4) is 0 Å². The molecule has 0 saturated carbocycles. The number of piperidine rings is 1. The van der Waals surface area contributed by atoms with E-state index in [-0.39, 0.29) is 17.8 Å². The van der Waals surface area contributed by atoms with Crippen molar-refractivity contribution in [2.75, 3.05) is 6.54 Å². The zero-order valence-corrected chi connectivity index (χ0v) is 13.7. The second kappa shape index (κ2) is 5.74. The Hall–Kier alpha value is -2.70. The summed E-state index contributed by atoms with van der Waals surface area (Å²) < 4.78 is 7.16. The second-order valence-corrected chi connectivity index (χ2v) is 6.39. The maximum Gasteiger partial charge on any atom is 0.294 e. The van der Waals surface area contributed by atoms with Crippen LogP contribution in [0.2, 0.25) is 0 Å². The molecule has 1 amide bonds. The number of aromatic nitrogens is 4. The number of carbonyl (C=O) groups is 1. The third-order valence-electron chi connectivity index (χ3n) is 4.62. The quantitative estimate of drug-likeness (QED) is 0.724. The van der Waals surface area contributed by atoms with E-state index >= 15 is 0 Å². The Morgan fingerprint density at radius 2 is 2.25 bits per heavy atom. The fourth-order valence-electron chi connectivity index (χ4n) is 3.26. The number of hydrogen-bond donors (Lipinski definition) is 0. The summed E-state index contributed by atoms with van der Waals surface area (Å²) in [6, 6.07) is 5.54. The number of nitrogens with zero attached hydrogens (tertiary/aromatic N) is 5. The van der Waals surface area contributed by atoms with Crippen molar-refractivity contribution in [2.24, 2.45) is 5.92 Å². The minimum absolute atomic E-state index is 0.0723. The molecule has 0 N–H and O–H groups in total. The van der Waals surface area contributed by atoms with Crippen molar-refractivity contribution in [1.29, 1.82) is 0 Å². The number of fused-ring (bicyclic) bond motifs is 1. The van der Waals surface area contributed by atoms with Crippen LogP contribution in [-0.2, 0) is 0 Å². The van der Waals surface area contributed by atoms with Crippen LogP contribution in [0.5, 0.6) is 0 Å². The van der Waals surface area contributed by atoms with Gasteiger partial charge in [-0.3, -0.25) is 4.79 Å². The van der Waals surface area contributed by atoms with Crippen molar-refractivity contribution >= 4 is 11.7 Å². The van der Waals surface area contributed by atoms with Crippen LogP contribution in [-0.4, -0.2) is 36.9 Å². The molecule has 0 radical (unpaired) electrons. The van der Waals surface area contributed by atoms with Crippen molar-refractivity contribution in [1.82, 2.24) is 24.5 Å². The number of carbonyl (C=O) groups excluding carboxylic acids is 1. The predicted molar refractivity (Wildman–Crippen MR) is 86.4 cm³/mol. The smallest absolute Gasteiger partial charge is 0.294 e. The van der Waals surface area contributed by atoms with Crippen LogP contribution < -0.4 is 0 Å². The van der Waals surface area contributed by atoms with Crippen LogP contribution in [0.25, 0.3) is 5.78 Å². The van der Waals surface area contributed by atoms with Gasteiger partial charge in [0.2, 0.25) is 5.82 Å². The van der Waals surface area contributed by atoms with E-state index < -0.39 is 0 Å². The lowest BCUT2D eigenvalue weighted by Crippen LogP contribution is -2.41. The summed E-state index contributed by atoms with van der Waals surface area (Å²) in [7, 11) is 0. The maximum absolute atomic E-state index is 13.0. The summed E-state index contributed by atoms with van der Waals surface area (Å²) in [5.74, 6) is 1.81. The molecule has 0 bridgehead atoms. The van der Waals surface area contributed by atoms with E-state index in [0.717, 1.165) is 24.3 Å². The Kier molecular flexibility index (Phi) is 3.55. The zero-order valence-electron chi connectivity index (χ0n) is 13.7. The molecule has 4 heterocycles. The second-order valence-electron chi connectivity index (χ2n) is 6.39. The topological polar surface area (TPSA) is 76.5 Å². The number of furan rings is 1. The van der Waals surface area contributed by atoms with Crippen molar-refractivity contribution in [3.63, 3.8) is 0 Å².